The Morgan fingerprint density at radius 2 is 2.08 bits per heavy atom. The first-order chi connectivity index (χ1) is 12.2. The minimum absolute atomic E-state index is 0.134. The number of aliphatic imine (C=N–C) groups is 1. The highest BCUT2D eigenvalue weighted by molar-refractivity contribution is 5.94. The van der Waals surface area contributed by atoms with Gasteiger partial charge in [-0.3, -0.25) is 14.8 Å². The maximum Gasteiger partial charge on any atom is 0.243 e. The lowest BCUT2D eigenvalue weighted by Crippen LogP contribution is -2.47. The van der Waals surface area contributed by atoms with Crippen molar-refractivity contribution in [3.8, 4) is 0 Å². The van der Waals surface area contributed by atoms with Crippen LogP contribution < -0.4 is 16.0 Å². The van der Waals surface area contributed by atoms with E-state index in [2.05, 4.69) is 50.2 Å². The SMILES string of the molecule is CN=C(NCC(=O)Nc1cccnc1)NC1CCc2ccccc2C1. The Kier molecular flexibility index (Phi) is 5.61. The molecule has 6 nitrogen and oxygen atoms in total. The molecule has 0 saturated heterocycles. The number of nitrogens with one attached hydrogen (secondary N) is 3. The zero-order valence-electron chi connectivity index (χ0n) is 14.3. The molecular weight excluding hydrogens is 314 g/mol. The second-order valence-corrected chi connectivity index (χ2v) is 6.07. The minimum atomic E-state index is -0.134. The summed E-state index contributed by atoms with van der Waals surface area (Å²) in [6, 6.07) is 12.5. The van der Waals surface area contributed by atoms with E-state index in [1.165, 1.54) is 11.1 Å². The van der Waals surface area contributed by atoms with Gasteiger partial charge >= 0.3 is 0 Å². The van der Waals surface area contributed by atoms with Gasteiger partial charge in [-0.15, -0.1) is 0 Å². The zero-order chi connectivity index (χ0) is 17.5. The third-order valence-electron chi connectivity index (χ3n) is 4.27. The van der Waals surface area contributed by atoms with Crippen molar-refractivity contribution in [2.45, 2.75) is 25.3 Å². The smallest absolute Gasteiger partial charge is 0.243 e. The first kappa shape index (κ1) is 17.0. The van der Waals surface area contributed by atoms with Crippen LogP contribution in [0.2, 0.25) is 0 Å². The van der Waals surface area contributed by atoms with Gasteiger partial charge in [0.1, 0.15) is 0 Å². The summed E-state index contributed by atoms with van der Waals surface area (Å²) >= 11 is 0. The Hall–Kier alpha value is -2.89. The monoisotopic (exact) mass is 337 g/mol. The molecule has 1 aliphatic carbocycles. The summed E-state index contributed by atoms with van der Waals surface area (Å²) in [7, 11) is 1.71. The Labute approximate surface area is 147 Å². The van der Waals surface area contributed by atoms with Crippen LogP contribution in [0.3, 0.4) is 0 Å². The minimum Gasteiger partial charge on any atom is -0.353 e. The van der Waals surface area contributed by atoms with Gasteiger partial charge in [-0.2, -0.15) is 0 Å². The molecule has 3 N–H and O–H groups in total. The summed E-state index contributed by atoms with van der Waals surface area (Å²) in [4.78, 5) is 20.2. The summed E-state index contributed by atoms with van der Waals surface area (Å²) < 4.78 is 0. The molecule has 6 heteroatoms. The van der Waals surface area contributed by atoms with E-state index in [0.717, 1.165) is 19.3 Å². The number of nitrogens with zero attached hydrogens (tertiary/aromatic N) is 2. The summed E-state index contributed by atoms with van der Waals surface area (Å²) in [5.41, 5.74) is 3.50. The number of amides is 1. The molecule has 0 aliphatic heterocycles. The molecule has 1 aliphatic rings. The van der Waals surface area contributed by atoms with Gasteiger partial charge in [-0.05, 0) is 42.5 Å². The van der Waals surface area contributed by atoms with E-state index in [4.69, 9.17) is 0 Å². The van der Waals surface area contributed by atoms with E-state index < -0.39 is 0 Å². The van der Waals surface area contributed by atoms with Gasteiger partial charge in [-0.1, -0.05) is 24.3 Å². The van der Waals surface area contributed by atoms with Crippen LogP contribution >= 0.6 is 0 Å². The second kappa shape index (κ2) is 8.28. The highest BCUT2D eigenvalue weighted by atomic mass is 16.1. The number of carbonyl (C=O) groups is 1. The molecule has 1 aromatic heterocycles. The van der Waals surface area contributed by atoms with E-state index in [1.807, 2.05) is 0 Å². The van der Waals surface area contributed by atoms with Crippen LogP contribution in [0, 0.1) is 0 Å². The molecule has 0 saturated carbocycles. The lowest BCUT2D eigenvalue weighted by molar-refractivity contribution is -0.115. The molecule has 130 valence electrons. The Morgan fingerprint density at radius 1 is 1.24 bits per heavy atom. The number of carbonyl (C=O) groups excluding carboxylic acids is 1. The van der Waals surface area contributed by atoms with Crippen molar-refractivity contribution >= 4 is 17.6 Å². The summed E-state index contributed by atoms with van der Waals surface area (Å²) in [6.07, 6.45) is 6.37. The summed E-state index contributed by atoms with van der Waals surface area (Å²) in [5.74, 6) is 0.510. The normalized spacial score (nSPS) is 16.7. The Bertz CT molecular complexity index is 744. The van der Waals surface area contributed by atoms with Crippen molar-refractivity contribution < 1.29 is 4.79 Å². The number of aromatic nitrogens is 1. The number of aryl methyl sites for hydroxylation is 1. The predicted molar refractivity (Wildman–Crippen MR) is 99.6 cm³/mol. The first-order valence-corrected chi connectivity index (χ1v) is 8.48. The van der Waals surface area contributed by atoms with Crippen molar-refractivity contribution in [1.29, 1.82) is 0 Å². The van der Waals surface area contributed by atoms with Crippen molar-refractivity contribution in [1.82, 2.24) is 15.6 Å². The van der Waals surface area contributed by atoms with Crippen LogP contribution in [0.1, 0.15) is 17.5 Å². The van der Waals surface area contributed by atoms with Gasteiger partial charge in [-0.25, -0.2) is 0 Å². The lowest BCUT2D eigenvalue weighted by atomic mass is 9.88. The van der Waals surface area contributed by atoms with Crippen LogP contribution in [0.5, 0.6) is 0 Å². The molecule has 3 rings (SSSR count). The zero-order valence-corrected chi connectivity index (χ0v) is 14.3. The molecule has 0 bridgehead atoms. The number of guanidine groups is 1. The number of fused-ring (bicyclic) bond motifs is 1. The lowest BCUT2D eigenvalue weighted by Gasteiger charge is -2.27. The summed E-state index contributed by atoms with van der Waals surface area (Å²) in [6.45, 7) is 0.151. The molecule has 0 radical (unpaired) electrons. The van der Waals surface area contributed by atoms with Crippen LogP contribution in [0.4, 0.5) is 5.69 Å². The number of benzene rings is 1. The average Bonchev–Trinajstić information content (AvgIpc) is 2.65. The third kappa shape index (κ3) is 4.79. The molecule has 25 heavy (non-hydrogen) atoms. The number of hydrogen-bond donors (Lipinski definition) is 3. The highest BCUT2D eigenvalue weighted by Crippen LogP contribution is 2.20. The molecule has 1 aromatic carbocycles. The molecular formula is C19H23N5O. The van der Waals surface area contributed by atoms with E-state index >= 15 is 0 Å². The van der Waals surface area contributed by atoms with Gasteiger partial charge in [0.2, 0.25) is 5.91 Å². The van der Waals surface area contributed by atoms with Gasteiger partial charge in [0.15, 0.2) is 5.96 Å². The molecule has 0 spiro atoms. The average molecular weight is 337 g/mol. The van der Waals surface area contributed by atoms with Crippen LogP contribution in [0.15, 0.2) is 53.8 Å². The molecule has 0 fully saturated rings. The number of hydrogen-bond acceptors (Lipinski definition) is 3. The number of rotatable bonds is 4. The van der Waals surface area contributed by atoms with Crippen LogP contribution in [0.25, 0.3) is 0 Å². The standard InChI is InChI=1S/C19H23N5O/c1-20-19(22-13-18(25)23-17-7-4-10-21-12-17)24-16-9-8-14-5-2-3-6-15(14)11-16/h2-7,10,12,16H,8-9,11,13H2,1H3,(H,23,25)(H2,20,22,24). The molecule has 1 amide bonds. The highest BCUT2D eigenvalue weighted by Gasteiger charge is 2.19. The topological polar surface area (TPSA) is 78.4 Å². The number of pyridine rings is 1. The van der Waals surface area contributed by atoms with Gasteiger partial charge in [0.05, 0.1) is 18.4 Å². The number of anilines is 1. The van der Waals surface area contributed by atoms with Crippen LogP contribution in [-0.2, 0) is 17.6 Å². The van der Waals surface area contributed by atoms with Crippen molar-refractivity contribution in [2.24, 2.45) is 4.99 Å². The predicted octanol–water partition coefficient (Wildman–Crippen LogP) is 1.74. The van der Waals surface area contributed by atoms with Crippen LogP contribution in [-0.4, -0.2) is 36.5 Å². The van der Waals surface area contributed by atoms with Crippen molar-refractivity contribution in [2.75, 3.05) is 18.9 Å². The molecule has 1 atom stereocenters. The maximum absolute atomic E-state index is 12.0. The van der Waals surface area contributed by atoms with E-state index in [1.54, 1.807) is 31.6 Å². The molecule has 1 unspecified atom stereocenters. The van der Waals surface area contributed by atoms with Gasteiger partial charge in [0, 0.05) is 19.3 Å². The van der Waals surface area contributed by atoms with E-state index in [9.17, 15) is 4.79 Å². The summed E-state index contributed by atoms with van der Waals surface area (Å²) in [5, 5.41) is 9.27. The largest absolute Gasteiger partial charge is 0.353 e. The molecule has 2 aromatic rings. The quantitative estimate of drug-likeness (QED) is 0.587. The van der Waals surface area contributed by atoms with E-state index in [-0.39, 0.29) is 12.5 Å². The fourth-order valence-corrected chi connectivity index (χ4v) is 3.01. The van der Waals surface area contributed by atoms with Crippen molar-refractivity contribution in [3.05, 3.63) is 59.9 Å². The molecule has 1 heterocycles. The maximum atomic E-state index is 12.0. The van der Waals surface area contributed by atoms with Crippen molar-refractivity contribution in [3.63, 3.8) is 0 Å². The van der Waals surface area contributed by atoms with Gasteiger partial charge in [0.25, 0.3) is 0 Å². The van der Waals surface area contributed by atoms with E-state index in [0.29, 0.717) is 17.7 Å². The third-order valence-corrected chi connectivity index (χ3v) is 4.27. The Balaban J connectivity index is 1.48. The second-order valence-electron chi connectivity index (χ2n) is 6.07. The first-order valence-electron chi connectivity index (χ1n) is 8.48. The fourth-order valence-electron chi connectivity index (χ4n) is 3.01. The van der Waals surface area contributed by atoms with Gasteiger partial charge < -0.3 is 16.0 Å². The fraction of sp³-hybridized carbons (Fsp3) is 0.316. The Morgan fingerprint density at radius 3 is 2.84 bits per heavy atom.